The number of nitrogens with one attached hydrogen (secondary N) is 1. The topological polar surface area (TPSA) is 67.8 Å². The van der Waals surface area contributed by atoms with Crippen molar-refractivity contribution in [1.29, 1.82) is 0 Å². The van der Waals surface area contributed by atoms with Crippen LogP contribution in [-0.4, -0.2) is 37.5 Å². The average molecular weight is 293 g/mol. The maximum atomic E-state index is 11.9. The first-order chi connectivity index (χ1) is 9.35. The number of carbonyl (C=O) groups excluding carboxylic acids is 1. The zero-order valence-corrected chi connectivity index (χ0v) is 10.7. The number of methoxy groups -OCH3 is 1. The normalized spacial score (nSPS) is 11.1. The van der Waals surface area contributed by atoms with Crippen LogP contribution >= 0.6 is 0 Å². The van der Waals surface area contributed by atoms with Gasteiger partial charge in [0.05, 0.1) is 13.7 Å². The Morgan fingerprint density at radius 3 is 2.60 bits per heavy atom. The number of ether oxygens (including phenoxy) is 2. The molecule has 2 N–H and O–H groups in total. The number of amides is 1. The molecule has 1 rings (SSSR count). The van der Waals surface area contributed by atoms with Gasteiger partial charge in [-0.3, -0.25) is 4.79 Å². The maximum Gasteiger partial charge on any atom is 0.405 e. The molecule has 20 heavy (non-hydrogen) atoms. The zero-order chi connectivity index (χ0) is 15.2. The average Bonchev–Trinajstić information content (AvgIpc) is 2.41. The molecule has 0 aliphatic rings. The van der Waals surface area contributed by atoms with E-state index in [4.69, 9.17) is 14.6 Å². The molecular weight excluding hydrogens is 279 g/mol. The number of carbonyl (C=O) groups is 1. The van der Waals surface area contributed by atoms with Crippen molar-refractivity contribution in [3.05, 3.63) is 23.8 Å². The monoisotopic (exact) mass is 293 g/mol. The van der Waals surface area contributed by atoms with E-state index in [1.165, 1.54) is 19.2 Å². The summed E-state index contributed by atoms with van der Waals surface area (Å²) >= 11 is 0. The van der Waals surface area contributed by atoms with Gasteiger partial charge in [0.15, 0.2) is 18.1 Å². The summed E-state index contributed by atoms with van der Waals surface area (Å²) in [6.45, 7) is -2.16. The Hall–Kier alpha value is -1.96. The standard InChI is InChI=1S/C12H14F3NO4/c1-19-10-4-8(5-17)2-3-9(10)20-6-11(18)16-7-12(13,14)15/h2-4,17H,5-7H2,1H3,(H,16,18). The number of aliphatic hydroxyl groups excluding tert-OH is 1. The highest BCUT2D eigenvalue weighted by atomic mass is 19.4. The number of halogens is 3. The summed E-state index contributed by atoms with van der Waals surface area (Å²) in [4.78, 5) is 11.2. The lowest BCUT2D eigenvalue weighted by molar-refractivity contribution is -0.139. The summed E-state index contributed by atoms with van der Waals surface area (Å²) in [6.07, 6.45) is -4.46. The van der Waals surface area contributed by atoms with Gasteiger partial charge in [-0.15, -0.1) is 0 Å². The van der Waals surface area contributed by atoms with Crippen molar-refractivity contribution < 1.29 is 32.5 Å². The lowest BCUT2D eigenvalue weighted by atomic mass is 10.2. The van der Waals surface area contributed by atoms with Crippen LogP contribution in [0.1, 0.15) is 5.56 Å². The predicted octanol–water partition coefficient (Wildman–Crippen LogP) is 1.24. The Bertz CT molecular complexity index is 463. The van der Waals surface area contributed by atoms with Crippen LogP contribution in [-0.2, 0) is 11.4 Å². The van der Waals surface area contributed by atoms with Gasteiger partial charge in [-0.25, -0.2) is 0 Å². The third-order valence-electron chi connectivity index (χ3n) is 2.26. The molecule has 112 valence electrons. The number of benzene rings is 1. The van der Waals surface area contributed by atoms with E-state index in [0.29, 0.717) is 5.56 Å². The summed E-state index contributed by atoms with van der Waals surface area (Å²) in [5, 5.41) is 10.6. The molecule has 0 atom stereocenters. The van der Waals surface area contributed by atoms with Crippen LogP contribution in [0.25, 0.3) is 0 Å². The van der Waals surface area contributed by atoms with Crippen molar-refractivity contribution in [1.82, 2.24) is 5.32 Å². The molecule has 0 spiro atoms. The fourth-order valence-corrected chi connectivity index (χ4v) is 1.32. The summed E-state index contributed by atoms with van der Waals surface area (Å²) < 4.78 is 45.7. The van der Waals surface area contributed by atoms with Crippen LogP contribution in [0, 0.1) is 0 Å². The first kappa shape index (κ1) is 16.1. The minimum Gasteiger partial charge on any atom is -0.493 e. The smallest absolute Gasteiger partial charge is 0.405 e. The van der Waals surface area contributed by atoms with Gasteiger partial charge < -0.3 is 19.9 Å². The molecule has 0 saturated heterocycles. The van der Waals surface area contributed by atoms with Crippen LogP contribution in [0.3, 0.4) is 0 Å². The van der Waals surface area contributed by atoms with Crippen molar-refractivity contribution in [2.24, 2.45) is 0 Å². The molecule has 0 bridgehead atoms. The van der Waals surface area contributed by atoms with Crippen LogP contribution in [0.15, 0.2) is 18.2 Å². The van der Waals surface area contributed by atoms with Gasteiger partial charge in [0.1, 0.15) is 6.54 Å². The van der Waals surface area contributed by atoms with Crippen molar-refractivity contribution in [3.63, 3.8) is 0 Å². The Morgan fingerprint density at radius 2 is 2.05 bits per heavy atom. The Kier molecular flexibility index (Phi) is 5.63. The Labute approximate surface area is 113 Å². The highest BCUT2D eigenvalue weighted by Gasteiger charge is 2.27. The van der Waals surface area contributed by atoms with Gasteiger partial charge in [-0.2, -0.15) is 13.2 Å². The van der Waals surface area contributed by atoms with Crippen molar-refractivity contribution in [2.45, 2.75) is 12.8 Å². The molecule has 0 radical (unpaired) electrons. The number of hydrogen-bond acceptors (Lipinski definition) is 4. The largest absolute Gasteiger partial charge is 0.493 e. The number of rotatable bonds is 6. The van der Waals surface area contributed by atoms with E-state index >= 15 is 0 Å². The second-order valence-corrected chi connectivity index (χ2v) is 3.82. The lowest BCUT2D eigenvalue weighted by Gasteiger charge is -2.12. The minimum atomic E-state index is -4.46. The zero-order valence-electron chi connectivity index (χ0n) is 10.7. The molecule has 0 aliphatic carbocycles. The second-order valence-electron chi connectivity index (χ2n) is 3.82. The van der Waals surface area contributed by atoms with E-state index in [-0.39, 0.29) is 18.1 Å². The van der Waals surface area contributed by atoms with Gasteiger partial charge >= 0.3 is 6.18 Å². The lowest BCUT2D eigenvalue weighted by Crippen LogP contribution is -2.36. The SMILES string of the molecule is COc1cc(CO)ccc1OCC(=O)NCC(F)(F)F. The number of aliphatic hydroxyl groups is 1. The molecule has 5 nitrogen and oxygen atoms in total. The van der Waals surface area contributed by atoms with E-state index < -0.39 is 25.2 Å². The second kappa shape index (κ2) is 6.99. The van der Waals surface area contributed by atoms with Gasteiger partial charge in [0, 0.05) is 0 Å². The molecule has 0 saturated carbocycles. The molecule has 0 fully saturated rings. The molecule has 8 heteroatoms. The number of hydrogen-bond donors (Lipinski definition) is 2. The summed E-state index contributed by atoms with van der Waals surface area (Å²) in [5.41, 5.74) is 0.579. The fourth-order valence-electron chi connectivity index (χ4n) is 1.32. The van der Waals surface area contributed by atoms with Crippen LogP contribution in [0.4, 0.5) is 13.2 Å². The van der Waals surface area contributed by atoms with Gasteiger partial charge in [0.2, 0.25) is 0 Å². The Morgan fingerprint density at radius 1 is 1.35 bits per heavy atom. The molecule has 1 amide bonds. The quantitative estimate of drug-likeness (QED) is 0.828. The van der Waals surface area contributed by atoms with Gasteiger partial charge in [0.25, 0.3) is 5.91 Å². The minimum absolute atomic E-state index is 0.192. The highest BCUT2D eigenvalue weighted by molar-refractivity contribution is 5.77. The molecule has 0 aromatic heterocycles. The summed E-state index contributed by atoms with van der Waals surface area (Å²) in [6, 6.07) is 4.51. The molecule has 0 unspecified atom stereocenters. The van der Waals surface area contributed by atoms with E-state index in [1.54, 1.807) is 11.4 Å². The van der Waals surface area contributed by atoms with E-state index in [2.05, 4.69) is 0 Å². The summed E-state index contributed by atoms with van der Waals surface area (Å²) in [7, 11) is 1.37. The predicted molar refractivity (Wildman–Crippen MR) is 63.5 cm³/mol. The highest BCUT2D eigenvalue weighted by Crippen LogP contribution is 2.27. The number of alkyl halides is 3. The van der Waals surface area contributed by atoms with Gasteiger partial charge in [-0.05, 0) is 17.7 Å². The first-order valence-corrected chi connectivity index (χ1v) is 5.59. The molecule has 1 aromatic rings. The third-order valence-corrected chi connectivity index (χ3v) is 2.26. The first-order valence-electron chi connectivity index (χ1n) is 5.59. The van der Waals surface area contributed by atoms with Crippen molar-refractivity contribution >= 4 is 5.91 Å². The summed E-state index contributed by atoms with van der Waals surface area (Å²) in [5.74, 6) is -0.414. The van der Waals surface area contributed by atoms with Crippen LogP contribution in [0.5, 0.6) is 11.5 Å². The Balaban J connectivity index is 2.55. The van der Waals surface area contributed by atoms with E-state index in [0.717, 1.165) is 0 Å². The van der Waals surface area contributed by atoms with Crippen molar-refractivity contribution in [3.8, 4) is 11.5 Å². The van der Waals surface area contributed by atoms with Crippen molar-refractivity contribution in [2.75, 3.05) is 20.3 Å². The maximum absolute atomic E-state index is 11.9. The molecule has 0 heterocycles. The molecule has 1 aromatic carbocycles. The van der Waals surface area contributed by atoms with Crippen LogP contribution < -0.4 is 14.8 Å². The molecule has 0 aliphatic heterocycles. The van der Waals surface area contributed by atoms with E-state index in [1.807, 2.05) is 0 Å². The van der Waals surface area contributed by atoms with Gasteiger partial charge in [-0.1, -0.05) is 6.07 Å². The fraction of sp³-hybridized carbons (Fsp3) is 0.417. The van der Waals surface area contributed by atoms with E-state index in [9.17, 15) is 18.0 Å². The third kappa shape index (κ3) is 5.35. The van der Waals surface area contributed by atoms with Crippen LogP contribution in [0.2, 0.25) is 0 Å². The molecular formula is C12H14F3NO4.